The van der Waals surface area contributed by atoms with Crippen molar-refractivity contribution in [1.29, 1.82) is 0 Å². The van der Waals surface area contributed by atoms with Gasteiger partial charge in [-0.2, -0.15) is 0 Å². The second-order valence-electron chi connectivity index (χ2n) is 3.20. The molecule has 0 aromatic rings. The monoisotopic (exact) mass is 170 g/mol. The van der Waals surface area contributed by atoms with Crippen molar-refractivity contribution < 1.29 is 9.59 Å². The van der Waals surface area contributed by atoms with Gasteiger partial charge in [-0.1, -0.05) is 0 Å². The first kappa shape index (κ1) is 9.19. The van der Waals surface area contributed by atoms with E-state index in [2.05, 4.69) is 17.3 Å². The van der Waals surface area contributed by atoms with Crippen molar-refractivity contribution in [2.45, 2.75) is 18.9 Å². The molecule has 1 amide bonds. The third kappa shape index (κ3) is 2.62. The Labute approximate surface area is 71.9 Å². The second-order valence-corrected chi connectivity index (χ2v) is 3.20. The van der Waals surface area contributed by atoms with Crippen LogP contribution in [-0.2, 0) is 9.59 Å². The van der Waals surface area contributed by atoms with E-state index in [1.165, 1.54) is 0 Å². The Kier molecular flexibility index (Phi) is 3.22. The van der Waals surface area contributed by atoms with Crippen LogP contribution in [0.5, 0.6) is 0 Å². The van der Waals surface area contributed by atoms with Gasteiger partial charge in [0.2, 0.25) is 6.29 Å². The lowest BCUT2D eigenvalue weighted by molar-refractivity contribution is -0.132. The van der Waals surface area contributed by atoms with Crippen molar-refractivity contribution in [1.82, 2.24) is 10.2 Å². The minimum Gasteiger partial charge on any atom is -0.347 e. The van der Waals surface area contributed by atoms with Crippen molar-refractivity contribution >= 4 is 12.2 Å². The molecule has 1 aliphatic rings. The second kappa shape index (κ2) is 4.21. The van der Waals surface area contributed by atoms with Crippen molar-refractivity contribution in [2.24, 2.45) is 0 Å². The number of rotatable bonds is 2. The Morgan fingerprint density at radius 1 is 1.50 bits per heavy atom. The van der Waals surface area contributed by atoms with Crippen LogP contribution in [0.2, 0.25) is 0 Å². The topological polar surface area (TPSA) is 49.4 Å². The maximum atomic E-state index is 10.7. The van der Waals surface area contributed by atoms with Crippen LogP contribution in [0, 0.1) is 0 Å². The Bertz CT molecular complexity index is 174. The molecule has 0 saturated carbocycles. The van der Waals surface area contributed by atoms with E-state index in [4.69, 9.17) is 0 Å². The van der Waals surface area contributed by atoms with Gasteiger partial charge in [0.25, 0.3) is 5.91 Å². The van der Waals surface area contributed by atoms with Crippen LogP contribution in [0.3, 0.4) is 0 Å². The highest BCUT2D eigenvalue weighted by Crippen LogP contribution is 2.07. The minimum atomic E-state index is -0.496. The molecule has 68 valence electrons. The van der Waals surface area contributed by atoms with E-state index in [1.807, 2.05) is 0 Å². The van der Waals surface area contributed by atoms with Crippen molar-refractivity contribution in [3.05, 3.63) is 0 Å². The number of nitrogens with one attached hydrogen (secondary N) is 1. The number of piperidine rings is 1. The summed E-state index contributed by atoms with van der Waals surface area (Å²) in [6, 6.07) is 0.193. The summed E-state index contributed by atoms with van der Waals surface area (Å²) < 4.78 is 0. The van der Waals surface area contributed by atoms with E-state index in [0.29, 0.717) is 6.29 Å². The third-order valence-electron chi connectivity index (χ3n) is 2.17. The van der Waals surface area contributed by atoms with Gasteiger partial charge >= 0.3 is 0 Å². The molecule has 1 rings (SSSR count). The van der Waals surface area contributed by atoms with Crippen LogP contribution in [0.1, 0.15) is 12.8 Å². The van der Waals surface area contributed by atoms with Gasteiger partial charge in [-0.3, -0.25) is 9.59 Å². The summed E-state index contributed by atoms with van der Waals surface area (Å²) in [5, 5.41) is 2.66. The van der Waals surface area contributed by atoms with Crippen molar-refractivity contribution in [3.8, 4) is 0 Å². The summed E-state index contributed by atoms with van der Waals surface area (Å²) in [6.07, 6.45) is 2.21. The number of carbonyl (C=O) groups is 2. The van der Waals surface area contributed by atoms with Gasteiger partial charge in [0.1, 0.15) is 0 Å². The average molecular weight is 170 g/mol. The number of hydrogen-bond acceptors (Lipinski definition) is 3. The maximum Gasteiger partial charge on any atom is 0.284 e. The molecule has 0 unspecified atom stereocenters. The molecule has 0 bridgehead atoms. The molecule has 12 heavy (non-hydrogen) atoms. The van der Waals surface area contributed by atoms with Crippen LogP contribution in [0.25, 0.3) is 0 Å². The van der Waals surface area contributed by atoms with Gasteiger partial charge in [0.05, 0.1) is 0 Å². The summed E-state index contributed by atoms with van der Waals surface area (Å²) in [6.45, 7) is 1.98. The van der Waals surface area contributed by atoms with Crippen molar-refractivity contribution in [2.75, 3.05) is 20.1 Å². The van der Waals surface area contributed by atoms with Gasteiger partial charge < -0.3 is 10.2 Å². The number of nitrogens with zero attached hydrogens (tertiary/aromatic N) is 1. The van der Waals surface area contributed by atoms with Gasteiger partial charge in [-0.25, -0.2) is 0 Å². The smallest absolute Gasteiger partial charge is 0.284 e. The molecule has 0 aliphatic carbocycles. The number of carbonyl (C=O) groups excluding carboxylic acids is 2. The van der Waals surface area contributed by atoms with E-state index in [-0.39, 0.29) is 6.04 Å². The minimum absolute atomic E-state index is 0.193. The summed E-state index contributed by atoms with van der Waals surface area (Å²) >= 11 is 0. The first-order chi connectivity index (χ1) is 5.72. The number of hydrogen-bond donors (Lipinski definition) is 1. The normalized spacial score (nSPS) is 20.4. The molecule has 1 N–H and O–H groups in total. The number of aldehydes is 1. The first-order valence-electron chi connectivity index (χ1n) is 4.16. The molecule has 1 fully saturated rings. The predicted octanol–water partition coefficient (Wildman–Crippen LogP) is -0.604. The zero-order valence-corrected chi connectivity index (χ0v) is 7.25. The lowest BCUT2D eigenvalue weighted by atomic mass is 10.1. The van der Waals surface area contributed by atoms with Crippen molar-refractivity contribution in [3.63, 3.8) is 0 Å². The zero-order valence-electron chi connectivity index (χ0n) is 7.25. The highest BCUT2D eigenvalue weighted by atomic mass is 16.2. The quantitative estimate of drug-likeness (QED) is 0.444. The molecule has 4 heteroatoms. The highest BCUT2D eigenvalue weighted by molar-refractivity contribution is 6.23. The Hall–Kier alpha value is -0.900. The highest BCUT2D eigenvalue weighted by Gasteiger charge is 2.17. The lowest BCUT2D eigenvalue weighted by Gasteiger charge is -2.28. The SMILES string of the molecule is CN1CCC(NC(=O)C=O)CC1. The van der Waals surface area contributed by atoms with E-state index < -0.39 is 5.91 Å². The largest absolute Gasteiger partial charge is 0.347 e. The average Bonchev–Trinajstić information content (AvgIpc) is 2.09. The molecular weight excluding hydrogens is 156 g/mol. The fourth-order valence-corrected chi connectivity index (χ4v) is 1.39. The van der Waals surface area contributed by atoms with Gasteiger partial charge in [0, 0.05) is 6.04 Å². The third-order valence-corrected chi connectivity index (χ3v) is 2.17. The Morgan fingerprint density at radius 2 is 2.08 bits per heavy atom. The van der Waals surface area contributed by atoms with Crippen LogP contribution in [0.15, 0.2) is 0 Å². The zero-order chi connectivity index (χ0) is 8.97. The van der Waals surface area contributed by atoms with Crippen LogP contribution >= 0.6 is 0 Å². The fraction of sp³-hybridized carbons (Fsp3) is 0.750. The molecule has 0 aromatic heterocycles. The Balaban J connectivity index is 2.26. The molecule has 1 saturated heterocycles. The molecule has 0 spiro atoms. The molecule has 1 aliphatic heterocycles. The Morgan fingerprint density at radius 3 is 2.58 bits per heavy atom. The van der Waals surface area contributed by atoms with Gasteiger partial charge in [0.15, 0.2) is 0 Å². The van der Waals surface area contributed by atoms with E-state index in [9.17, 15) is 9.59 Å². The van der Waals surface area contributed by atoms with E-state index >= 15 is 0 Å². The lowest BCUT2D eigenvalue weighted by Crippen LogP contribution is -2.43. The molecule has 4 nitrogen and oxygen atoms in total. The number of likely N-dealkylation sites (tertiary alicyclic amines) is 1. The standard InChI is InChI=1S/C8H14N2O2/c1-10-4-2-7(3-5-10)9-8(12)6-11/h6-7H,2-5H2,1H3,(H,9,12). The summed E-state index contributed by atoms with van der Waals surface area (Å²) in [5.74, 6) is -0.496. The molecule has 1 heterocycles. The van der Waals surface area contributed by atoms with Gasteiger partial charge in [-0.05, 0) is 33.0 Å². The van der Waals surface area contributed by atoms with Crippen LogP contribution < -0.4 is 5.32 Å². The predicted molar refractivity (Wildman–Crippen MR) is 44.7 cm³/mol. The number of amides is 1. The molecule has 0 atom stereocenters. The van der Waals surface area contributed by atoms with E-state index in [1.54, 1.807) is 0 Å². The summed E-state index contributed by atoms with van der Waals surface area (Å²) in [5.41, 5.74) is 0. The molecular formula is C8H14N2O2. The van der Waals surface area contributed by atoms with E-state index in [0.717, 1.165) is 25.9 Å². The fourth-order valence-electron chi connectivity index (χ4n) is 1.39. The summed E-state index contributed by atoms with van der Waals surface area (Å²) in [4.78, 5) is 22.9. The maximum absolute atomic E-state index is 10.7. The van der Waals surface area contributed by atoms with Crippen LogP contribution in [-0.4, -0.2) is 43.3 Å². The van der Waals surface area contributed by atoms with Crippen LogP contribution in [0.4, 0.5) is 0 Å². The summed E-state index contributed by atoms with van der Waals surface area (Å²) in [7, 11) is 2.05. The first-order valence-corrected chi connectivity index (χ1v) is 4.16. The van der Waals surface area contributed by atoms with Gasteiger partial charge in [-0.15, -0.1) is 0 Å². The molecule has 0 radical (unpaired) electrons. The molecule has 0 aromatic carbocycles.